The first-order chi connectivity index (χ1) is 9.15. The van der Waals surface area contributed by atoms with Crippen LogP contribution >= 0.6 is 36.4 Å². The molecular weight excluding hydrogens is 334 g/mol. The number of nitrogens with zero attached hydrogens (tertiary/aromatic N) is 1. The first kappa shape index (κ1) is 20.9. The maximum Gasteiger partial charge on any atom is 0.132 e. The van der Waals surface area contributed by atoms with Crippen LogP contribution in [0, 0.1) is 12.7 Å². The summed E-state index contributed by atoms with van der Waals surface area (Å²) in [4.78, 5) is 2.35. The molecule has 1 aromatic rings. The van der Waals surface area contributed by atoms with E-state index in [9.17, 15) is 4.39 Å². The van der Waals surface area contributed by atoms with Gasteiger partial charge in [-0.3, -0.25) is 4.90 Å². The van der Waals surface area contributed by atoms with Gasteiger partial charge in [0.15, 0.2) is 0 Å². The van der Waals surface area contributed by atoms with Gasteiger partial charge in [-0.05, 0) is 25.0 Å². The Morgan fingerprint density at radius 2 is 1.90 bits per heavy atom. The van der Waals surface area contributed by atoms with Gasteiger partial charge >= 0.3 is 0 Å². The fraction of sp³-hybridized carbons (Fsp3) is 0.600. The minimum atomic E-state index is -0.135. The van der Waals surface area contributed by atoms with E-state index in [0.29, 0.717) is 16.1 Å². The molecule has 2 rings (SSSR count). The lowest BCUT2D eigenvalue weighted by molar-refractivity contribution is 0.161. The summed E-state index contributed by atoms with van der Waals surface area (Å²) < 4.78 is 14.5. The van der Waals surface area contributed by atoms with Gasteiger partial charge in [-0.25, -0.2) is 4.39 Å². The van der Waals surface area contributed by atoms with E-state index in [4.69, 9.17) is 11.6 Å². The Morgan fingerprint density at radius 3 is 2.48 bits per heavy atom. The Bertz CT molecular complexity index is 437. The molecule has 0 saturated carbocycles. The van der Waals surface area contributed by atoms with E-state index in [1.165, 1.54) is 0 Å². The van der Waals surface area contributed by atoms with E-state index in [2.05, 4.69) is 17.1 Å². The van der Waals surface area contributed by atoms with E-state index in [1.54, 1.807) is 13.0 Å². The van der Waals surface area contributed by atoms with Crippen LogP contribution in [-0.2, 0) is 0 Å². The van der Waals surface area contributed by atoms with Crippen molar-refractivity contribution in [1.82, 2.24) is 10.2 Å². The largest absolute Gasteiger partial charge is 0.314 e. The molecule has 1 aliphatic heterocycles. The third-order valence-electron chi connectivity index (χ3n) is 3.81. The van der Waals surface area contributed by atoms with E-state index < -0.39 is 0 Å². The van der Waals surface area contributed by atoms with Crippen LogP contribution in [0.1, 0.15) is 36.9 Å². The molecule has 21 heavy (non-hydrogen) atoms. The van der Waals surface area contributed by atoms with Crippen molar-refractivity contribution < 1.29 is 4.39 Å². The van der Waals surface area contributed by atoms with Crippen LogP contribution in [0.4, 0.5) is 4.39 Å². The zero-order chi connectivity index (χ0) is 13.8. The highest BCUT2D eigenvalue weighted by atomic mass is 35.5. The Kier molecular flexibility index (Phi) is 9.83. The van der Waals surface area contributed by atoms with Crippen LogP contribution in [0.15, 0.2) is 12.1 Å². The Morgan fingerprint density at radius 1 is 1.29 bits per heavy atom. The molecule has 1 N–H and O–H groups in total. The molecule has 1 fully saturated rings. The molecule has 122 valence electrons. The summed E-state index contributed by atoms with van der Waals surface area (Å²) in [7, 11) is 0. The SMILES string of the molecule is CCC[C@H](c1c(Cl)ccc(C)c1F)N1CCNCC1.Cl.Cl. The average Bonchev–Trinajstić information content (AvgIpc) is 2.43. The fourth-order valence-electron chi connectivity index (χ4n) is 2.76. The van der Waals surface area contributed by atoms with Crippen molar-refractivity contribution in [1.29, 1.82) is 0 Å². The lowest BCUT2D eigenvalue weighted by Gasteiger charge is -2.36. The van der Waals surface area contributed by atoms with Crippen molar-refractivity contribution in [3.8, 4) is 0 Å². The van der Waals surface area contributed by atoms with Gasteiger partial charge in [0.1, 0.15) is 5.82 Å². The van der Waals surface area contributed by atoms with Gasteiger partial charge in [-0.2, -0.15) is 0 Å². The predicted octanol–water partition coefficient (Wildman–Crippen LogP) is 4.38. The summed E-state index contributed by atoms with van der Waals surface area (Å²) in [5.74, 6) is -0.135. The lowest BCUT2D eigenvalue weighted by atomic mass is 9.97. The van der Waals surface area contributed by atoms with Gasteiger partial charge in [-0.1, -0.05) is 31.0 Å². The number of nitrogens with one attached hydrogen (secondary N) is 1. The maximum atomic E-state index is 14.5. The van der Waals surface area contributed by atoms with Gasteiger partial charge in [0.2, 0.25) is 0 Å². The summed E-state index contributed by atoms with van der Waals surface area (Å²) in [5.41, 5.74) is 1.36. The van der Waals surface area contributed by atoms with Crippen LogP contribution in [-0.4, -0.2) is 31.1 Å². The topological polar surface area (TPSA) is 15.3 Å². The molecule has 1 saturated heterocycles. The summed E-state index contributed by atoms with van der Waals surface area (Å²) in [6.45, 7) is 7.77. The number of hydrogen-bond donors (Lipinski definition) is 1. The molecule has 0 amide bonds. The van der Waals surface area contributed by atoms with E-state index >= 15 is 0 Å². The molecule has 0 radical (unpaired) electrons. The molecule has 0 spiro atoms. The van der Waals surface area contributed by atoms with Crippen LogP contribution in [0.5, 0.6) is 0 Å². The third-order valence-corrected chi connectivity index (χ3v) is 4.14. The van der Waals surface area contributed by atoms with Crippen molar-refractivity contribution >= 4 is 36.4 Å². The van der Waals surface area contributed by atoms with Gasteiger partial charge < -0.3 is 5.32 Å². The zero-order valence-corrected chi connectivity index (χ0v) is 14.9. The molecular formula is C15H24Cl3FN2. The van der Waals surface area contributed by atoms with Crippen molar-refractivity contribution in [3.63, 3.8) is 0 Å². The van der Waals surface area contributed by atoms with E-state index in [1.807, 2.05) is 6.07 Å². The monoisotopic (exact) mass is 356 g/mol. The molecule has 1 heterocycles. The normalized spacial score (nSPS) is 16.8. The Balaban J connectivity index is 0.00000200. The van der Waals surface area contributed by atoms with Crippen LogP contribution in [0.3, 0.4) is 0 Å². The van der Waals surface area contributed by atoms with Gasteiger partial charge in [-0.15, -0.1) is 24.8 Å². The Hall–Kier alpha value is -0.0600. The minimum absolute atomic E-state index is 0. The summed E-state index contributed by atoms with van der Waals surface area (Å²) >= 11 is 6.27. The standard InChI is InChI=1S/C15H22ClFN2.2ClH/c1-3-4-13(19-9-7-18-8-10-19)14-12(16)6-5-11(2)15(14)17;;/h5-6,13,18H,3-4,7-10H2,1-2H3;2*1H/t13-;;/m1../s1. The molecule has 0 aliphatic carbocycles. The molecule has 0 unspecified atom stereocenters. The number of piperazine rings is 1. The quantitative estimate of drug-likeness (QED) is 0.860. The predicted molar refractivity (Wildman–Crippen MR) is 92.7 cm³/mol. The molecule has 0 bridgehead atoms. The summed E-state index contributed by atoms with van der Waals surface area (Å²) in [6.07, 6.45) is 1.97. The molecule has 1 atom stereocenters. The van der Waals surface area contributed by atoms with Gasteiger partial charge in [0.05, 0.1) is 0 Å². The molecule has 6 heteroatoms. The Labute approximate surface area is 144 Å². The second kappa shape index (κ2) is 9.86. The smallest absolute Gasteiger partial charge is 0.132 e. The minimum Gasteiger partial charge on any atom is -0.314 e. The number of rotatable bonds is 4. The van der Waals surface area contributed by atoms with Crippen LogP contribution < -0.4 is 5.32 Å². The maximum absolute atomic E-state index is 14.5. The summed E-state index contributed by atoms with van der Waals surface area (Å²) in [6, 6.07) is 3.67. The summed E-state index contributed by atoms with van der Waals surface area (Å²) in [5, 5.41) is 3.89. The highest BCUT2D eigenvalue weighted by Crippen LogP contribution is 2.34. The average molecular weight is 358 g/mol. The number of halogens is 4. The molecule has 1 aromatic carbocycles. The van der Waals surface area contributed by atoms with Crippen molar-refractivity contribution in [2.24, 2.45) is 0 Å². The van der Waals surface area contributed by atoms with Gasteiger partial charge in [0, 0.05) is 42.8 Å². The zero-order valence-electron chi connectivity index (χ0n) is 12.5. The highest BCUT2D eigenvalue weighted by molar-refractivity contribution is 6.31. The number of hydrogen-bond acceptors (Lipinski definition) is 2. The first-order valence-corrected chi connectivity index (χ1v) is 7.42. The molecule has 1 aliphatic rings. The van der Waals surface area contributed by atoms with Crippen molar-refractivity contribution in [3.05, 3.63) is 34.1 Å². The van der Waals surface area contributed by atoms with Crippen LogP contribution in [0.2, 0.25) is 5.02 Å². The molecule has 0 aromatic heterocycles. The van der Waals surface area contributed by atoms with Gasteiger partial charge in [0.25, 0.3) is 0 Å². The lowest BCUT2D eigenvalue weighted by Crippen LogP contribution is -2.45. The third kappa shape index (κ3) is 4.97. The van der Waals surface area contributed by atoms with E-state index in [-0.39, 0.29) is 36.7 Å². The molecule has 2 nitrogen and oxygen atoms in total. The second-order valence-electron chi connectivity index (χ2n) is 5.18. The second-order valence-corrected chi connectivity index (χ2v) is 5.59. The van der Waals surface area contributed by atoms with E-state index in [0.717, 1.165) is 39.0 Å². The first-order valence-electron chi connectivity index (χ1n) is 7.04. The number of benzene rings is 1. The number of aryl methyl sites for hydroxylation is 1. The highest BCUT2D eigenvalue weighted by Gasteiger charge is 2.26. The van der Waals surface area contributed by atoms with Crippen molar-refractivity contribution in [2.75, 3.05) is 26.2 Å². The van der Waals surface area contributed by atoms with Crippen molar-refractivity contribution in [2.45, 2.75) is 32.7 Å². The fourth-order valence-corrected chi connectivity index (χ4v) is 3.03. The van der Waals surface area contributed by atoms with Crippen LogP contribution in [0.25, 0.3) is 0 Å².